The summed E-state index contributed by atoms with van der Waals surface area (Å²) in [5, 5.41) is 6.64. The number of aromatic nitrogens is 2. The van der Waals surface area contributed by atoms with E-state index in [1.807, 2.05) is 30.3 Å². The van der Waals surface area contributed by atoms with Crippen LogP contribution in [0.2, 0.25) is 0 Å². The maximum absolute atomic E-state index is 12.4. The van der Waals surface area contributed by atoms with Crippen LogP contribution in [-0.2, 0) is 6.54 Å². The van der Waals surface area contributed by atoms with Gasteiger partial charge >= 0.3 is 0 Å². The molecule has 0 aliphatic rings. The SMILES string of the molecule is Nc1onc(-c2ccccn2)c1C(=O)NCc1ccccc1. The fourth-order valence-electron chi connectivity index (χ4n) is 2.07. The van der Waals surface area contributed by atoms with Crippen molar-refractivity contribution in [2.75, 3.05) is 5.73 Å². The monoisotopic (exact) mass is 294 g/mol. The van der Waals surface area contributed by atoms with E-state index in [0.717, 1.165) is 5.56 Å². The summed E-state index contributed by atoms with van der Waals surface area (Å²) >= 11 is 0. The number of carbonyl (C=O) groups is 1. The Morgan fingerprint density at radius 2 is 1.91 bits per heavy atom. The molecule has 110 valence electrons. The number of hydrogen-bond acceptors (Lipinski definition) is 5. The van der Waals surface area contributed by atoms with Crippen molar-refractivity contribution in [3.8, 4) is 11.4 Å². The molecule has 0 aliphatic heterocycles. The van der Waals surface area contributed by atoms with E-state index < -0.39 is 0 Å². The molecular weight excluding hydrogens is 280 g/mol. The van der Waals surface area contributed by atoms with Gasteiger partial charge in [-0.25, -0.2) is 0 Å². The lowest BCUT2D eigenvalue weighted by Crippen LogP contribution is -2.23. The lowest BCUT2D eigenvalue weighted by Gasteiger charge is -2.05. The van der Waals surface area contributed by atoms with Gasteiger partial charge in [0, 0.05) is 12.7 Å². The Balaban J connectivity index is 1.82. The second-order valence-corrected chi connectivity index (χ2v) is 4.65. The number of benzene rings is 1. The summed E-state index contributed by atoms with van der Waals surface area (Å²) in [6.07, 6.45) is 1.62. The summed E-state index contributed by atoms with van der Waals surface area (Å²) in [4.78, 5) is 16.5. The Labute approximate surface area is 127 Å². The summed E-state index contributed by atoms with van der Waals surface area (Å²) < 4.78 is 4.95. The molecule has 0 saturated carbocycles. The topological polar surface area (TPSA) is 94.0 Å². The number of hydrogen-bond donors (Lipinski definition) is 2. The average molecular weight is 294 g/mol. The smallest absolute Gasteiger partial charge is 0.259 e. The second-order valence-electron chi connectivity index (χ2n) is 4.65. The van der Waals surface area contributed by atoms with E-state index in [-0.39, 0.29) is 17.4 Å². The number of carbonyl (C=O) groups excluding carboxylic acids is 1. The molecule has 0 atom stereocenters. The average Bonchev–Trinajstić information content (AvgIpc) is 2.96. The molecule has 0 unspecified atom stereocenters. The summed E-state index contributed by atoms with van der Waals surface area (Å²) in [5.74, 6) is -0.366. The molecule has 3 aromatic rings. The van der Waals surface area contributed by atoms with Crippen molar-refractivity contribution in [3.63, 3.8) is 0 Å². The highest BCUT2D eigenvalue weighted by Crippen LogP contribution is 2.25. The number of nitrogens with two attached hydrogens (primary N) is 1. The fraction of sp³-hybridized carbons (Fsp3) is 0.0625. The third kappa shape index (κ3) is 2.80. The van der Waals surface area contributed by atoms with Gasteiger partial charge in [0.25, 0.3) is 5.91 Å². The molecule has 1 amide bonds. The van der Waals surface area contributed by atoms with Crippen LogP contribution < -0.4 is 11.1 Å². The minimum atomic E-state index is -0.344. The fourth-order valence-corrected chi connectivity index (χ4v) is 2.07. The zero-order chi connectivity index (χ0) is 15.4. The number of nitrogens with one attached hydrogen (secondary N) is 1. The van der Waals surface area contributed by atoms with Gasteiger partial charge in [0.1, 0.15) is 11.3 Å². The van der Waals surface area contributed by atoms with Crippen LogP contribution in [-0.4, -0.2) is 16.0 Å². The lowest BCUT2D eigenvalue weighted by atomic mass is 10.1. The first-order valence-electron chi connectivity index (χ1n) is 6.74. The van der Waals surface area contributed by atoms with Gasteiger partial charge < -0.3 is 15.6 Å². The maximum Gasteiger partial charge on any atom is 0.259 e. The highest BCUT2D eigenvalue weighted by molar-refractivity contribution is 6.03. The van der Waals surface area contributed by atoms with E-state index in [1.165, 1.54) is 0 Å². The summed E-state index contributed by atoms with van der Waals surface area (Å²) in [5.41, 5.74) is 7.80. The van der Waals surface area contributed by atoms with Crippen LogP contribution in [0.25, 0.3) is 11.4 Å². The van der Waals surface area contributed by atoms with Crippen LogP contribution in [0.15, 0.2) is 59.3 Å². The summed E-state index contributed by atoms with van der Waals surface area (Å²) in [6.45, 7) is 0.395. The van der Waals surface area contributed by atoms with Gasteiger partial charge in [-0.2, -0.15) is 0 Å². The molecule has 0 saturated heterocycles. The van der Waals surface area contributed by atoms with E-state index in [4.69, 9.17) is 10.3 Å². The maximum atomic E-state index is 12.4. The zero-order valence-electron chi connectivity index (χ0n) is 11.7. The quantitative estimate of drug-likeness (QED) is 0.769. The van der Waals surface area contributed by atoms with Crippen LogP contribution in [0.3, 0.4) is 0 Å². The molecule has 0 fully saturated rings. The van der Waals surface area contributed by atoms with Gasteiger partial charge in [-0.15, -0.1) is 0 Å². The predicted molar refractivity (Wildman–Crippen MR) is 81.8 cm³/mol. The number of anilines is 1. The van der Waals surface area contributed by atoms with Crippen molar-refractivity contribution in [2.45, 2.75) is 6.54 Å². The molecule has 0 radical (unpaired) electrons. The van der Waals surface area contributed by atoms with Crippen LogP contribution in [0.5, 0.6) is 0 Å². The van der Waals surface area contributed by atoms with Crippen LogP contribution in [0, 0.1) is 0 Å². The molecule has 0 aliphatic carbocycles. The third-order valence-electron chi connectivity index (χ3n) is 3.15. The van der Waals surface area contributed by atoms with Crippen molar-refractivity contribution in [2.24, 2.45) is 0 Å². The van der Waals surface area contributed by atoms with Crippen LogP contribution >= 0.6 is 0 Å². The van der Waals surface area contributed by atoms with Gasteiger partial charge in [-0.05, 0) is 17.7 Å². The Kier molecular flexibility index (Phi) is 3.82. The van der Waals surface area contributed by atoms with Crippen molar-refractivity contribution >= 4 is 11.8 Å². The molecule has 1 aromatic carbocycles. The molecule has 0 spiro atoms. The van der Waals surface area contributed by atoms with E-state index >= 15 is 0 Å². The largest absolute Gasteiger partial charge is 0.367 e. The van der Waals surface area contributed by atoms with Crippen molar-refractivity contribution in [1.82, 2.24) is 15.5 Å². The first kappa shape index (κ1) is 13.8. The number of rotatable bonds is 4. The Hall–Kier alpha value is -3.15. The van der Waals surface area contributed by atoms with Crippen molar-refractivity contribution in [1.29, 1.82) is 0 Å². The summed E-state index contributed by atoms with van der Waals surface area (Å²) in [7, 11) is 0. The standard InChI is InChI=1S/C16H14N4O2/c17-15-13(14(20-22-15)12-8-4-5-9-18-12)16(21)19-10-11-6-2-1-3-7-11/h1-9H,10,17H2,(H,19,21). The minimum absolute atomic E-state index is 0.0220. The first-order valence-corrected chi connectivity index (χ1v) is 6.74. The van der Waals surface area contributed by atoms with E-state index in [0.29, 0.717) is 17.9 Å². The van der Waals surface area contributed by atoms with Gasteiger partial charge in [-0.1, -0.05) is 41.6 Å². The molecule has 3 N–H and O–H groups in total. The second kappa shape index (κ2) is 6.09. The zero-order valence-corrected chi connectivity index (χ0v) is 11.7. The van der Waals surface area contributed by atoms with E-state index in [1.54, 1.807) is 24.4 Å². The van der Waals surface area contributed by atoms with Crippen molar-refractivity contribution < 1.29 is 9.32 Å². The molecule has 0 bridgehead atoms. The number of nitrogen functional groups attached to an aromatic ring is 1. The Bertz CT molecular complexity index is 769. The number of nitrogens with zero attached hydrogens (tertiary/aromatic N) is 2. The van der Waals surface area contributed by atoms with Gasteiger partial charge in [0.05, 0.1) is 5.69 Å². The number of amides is 1. The minimum Gasteiger partial charge on any atom is -0.367 e. The molecule has 2 aromatic heterocycles. The van der Waals surface area contributed by atoms with Crippen LogP contribution in [0.4, 0.5) is 5.88 Å². The highest BCUT2D eigenvalue weighted by Gasteiger charge is 2.22. The molecule has 3 rings (SSSR count). The Morgan fingerprint density at radius 1 is 1.14 bits per heavy atom. The number of pyridine rings is 1. The third-order valence-corrected chi connectivity index (χ3v) is 3.15. The molecule has 6 heteroatoms. The predicted octanol–water partition coefficient (Wildman–Crippen LogP) is 2.25. The molecule has 22 heavy (non-hydrogen) atoms. The Morgan fingerprint density at radius 3 is 2.64 bits per heavy atom. The molecule has 6 nitrogen and oxygen atoms in total. The van der Waals surface area contributed by atoms with E-state index in [9.17, 15) is 4.79 Å². The van der Waals surface area contributed by atoms with Gasteiger partial charge in [0.15, 0.2) is 0 Å². The van der Waals surface area contributed by atoms with Crippen LogP contribution in [0.1, 0.15) is 15.9 Å². The first-order chi connectivity index (χ1) is 10.8. The van der Waals surface area contributed by atoms with Gasteiger partial charge in [0.2, 0.25) is 5.88 Å². The molecular formula is C16H14N4O2. The van der Waals surface area contributed by atoms with Crippen molar-refractivity contribution in [3.05, 3.63) is 65.9 Å². The lowest BCUT2D eigenvalue weighted by molar-refractivity contribution is 0.0952. The normalized spacial score (nSPS) is 10.4. The highest BCUT2D eigenvalue weighted by atomic mass is 16.5. The summed E-state index contributed by atoms with van der Waals surface area (Å²) in [6, 6.07) is 14.9. The van der Waals surface area contributed by atoms with Gasteiger partial charge in [-0.3, -0.25) is 9.78 Å². The van der Waals surface area contributed by atoms with E-state index in [2.05, 4.69) is 15.5 Å². The molecule has 2 heterocycles.